The second-order valence-electron chi connectivity index (χ2n) is 8.14. The van der Waals surface area contributed by atoms with E-state index in [1.807, 2.05) is 0 Å². The van der Waals surface area contributed by atoms with Gasteiger partial charge in [-0.1, -0.05) is 37.1 Å². The van der Waals surface area contributed by atoms with Crippen molar-refractivity contribution >= 4 is 27.0 Å². The second-order valence-corrected chi connectivity index (χ2v) is 9.98. The highest BCUT2D eigenvalue weighted by Crippen LogP contribution is 2.48. The van der Waals surface area contributed by atoms with Gasteiger partial charge in [0.25, 0.3) is 0 Å². The molecule has 1 aliphatic carbocycles. The molecule has 2 aromatic carbocycles. The third-order valence-electron chi connectivity index (χ3n) is 6.42. The van der Waals surface area contributed by atoms with Crippen LogP contribution in [-0.4, -0.2) is 39.8 Å². The van der Waals surface area contributed by atoms with Crippen molar-refractivity contribution in [1.29, 1.82) is 0 Å². The first-order chi connectivity index (χ1) is 14.5. The van der Waals surface area contributed by atoms with E-state index >= 15 is 0 Å². The molecule has 2 N–H and O–H groups in total. The van der Waals surface area contributed by atoms with Gasteiger partial charge in [-0.3, -0.25) is 0 Å². The molecule has 2 heterocycles. The maximum Gasteiger partial charge on any atom is 0.337 e. The van der Waals surface area contributed by atoms with Crippen LogP contribution < -0.4 is 0 Å². The Hall–Kier alpha value is -2.71. The average Bonchev–Trinajstić information content (AvgIpc) is 3.35. The predicted molar refractivity (Wildman–Crippen MR) is 112 cm³/mol. The number of H-pyrrole nitrogens is 1. The molecule has 2 fully saturated rings. The molecule has 1 aromatic heterocycles. The number of nitrogens with one attached hydrogen (secondary N) is 1. The summed E-state index contributed by atoms with van der Waals surface area (Å²) in [5, 5.41) is 9.50. The molecule has 30 heavy (non-hydrogen) atoms. The number of aromatic amines is 1. The lowest BCUT2D eigenvalue weighted by molar-refractivity contribution is 0.0699. The van der Waals surface area contributed by atoms with Gasteiger partial charge in [-0.2, -0.15) is 4.31 Å². The Labute approximate surface area is 174 Å². The summed E-state index contributed by atoms with van der Waals surface area (Å²) in [6.07, 6.45) is 4.66. The smallest absolute Gasteiger partial charge is 0.337 e. The Kier molecular flexibility index (Phi) is 4.63. The van der Waals surface area contributed by atoms with Crippen molar-refractivity contribution in [2.24, 2.45) is 5.92 Å². The van der Waals surface area contributed by atoms with Crippen LogP contribution in [0.4, 0.5) is 0 Å². The quantitative estimate of drug-likeness (QED) is 0.659. The molecule has 0 unspecified atom stereocenters. The van der Waals surface area contributed by atoms with Gasteiger partial charge in [0.2, 0.25) is 10.0 Å². The first-order valence-electron chi connectivity index (χ1n) is 10.3. The molecule has 3 aromatic rings. The fourth-order valence-corrected chi connectivity index (χ4v) is 6.99. The number of rotatable bonds is 4. The summed E-state index contributed by atoms with van der Waals surface area (Å²) in [7, 11) is -3.71. The van der Waals surface area contributed by atoms with E-state index in [0.717, 1.165) is 25.7 Å². The number of carbonyl (C=O) groups is 1. The number of aromatic carboxylic acids is 1. The third kappa shape index (κ3) is 3.02. The molecule has 1 saturated carbocycles. The van der Waals surface area contributed by atoms with E-state index in [2.05, 4.69) is 9.97 Å². The summed E-state index contributed by atoms with van der Waals surface area (Å²) in [5.41, 5.74) is 1.09. The molecule has 3 atom stereocenters. The summed E-state index contributed by atoms with van der Waals surface area (Å²) in [5.74, 6) is -0.241. The van der Waals surface area contributed by atoms with Crippen LogP contribution in [0.25, 0.3) is 11.0 Å². The molecule has 0 radical (unpaired) electrons. The summed E-state index contributed by atoms with van der Waals surface area (Å²) in [6, 6.07) is 13.0. The molecule has 156 valence electrons. The highest BCUT2D eigenvalue weighted by Gasteiger charge is 2.49. The number of para-hydroxylation sites is 1. The van der Waals surface area contributed by atoms with E-state index in [1.54, 1.807) is 46.8 Å². The number of carboxylic acid groups (broad SMARTS) is 1. The number of nitrogens with zero attached hydrogens (tertiary/aromatic N) is 2. The van der Waals surface area contributed by atoms with Crippen molar-refractivity contribution in [3.8, 4) is 0 Å². The number of imidazole rings is 1. The van der Waals surface area contributed by atoms with Gasteiger partial charge >= 0.3 is 5.97 Å². The van der Waals surface area contributed by atoms with Gasteiger partial charge in [0.05, 0.1) is 22.0 Å². The van der Waals surface area contributed by atoms with Gasteiger partial charge in [0, 0.05) is 6.04 Å². The minimum Gasteiger partial charge on any atom is -0.478 e. The highest BCUT2D eigenvalue weighted by molar-refractivity contribution is 7.89. The lowest BCUT2D eigenvalue weighted by atomic mass is 9.85. The number of fused-ring (bicyclic) bond motifs is 2. The van der Waals surface area contributed by atoms with Crippen molar-refractivity contribution in [3.63, 3.8) is 0 Å². The Morgan fingerprint density at radius 2 is 1.83 bits per heavy atom. The van der Waals surface area contributed by atoms with Crippen LogP contribution in [0.15, 0.2) is 53.4 Å². The maximum atomic E-state index is 13.7. The zero-order chi connectivity index (χ0) is 20.9. The summed E-state index contributed by atoms with van der Waals surface area (Å²) >= 11 is 0. The van der Waals surface area contributed by atoms with Gasteiger partial charge in [-0.25, -0.2) is 18.2 Å². The van der Waals surface area contributed by atoms with Crippen LogP contribution in [0.3, 0.4) is 0 Å². The molecule has 7 nitrogen and oxygen atoms in total. The lowest BCUT2D eigenvalue weighted by Crippen LogP contribution is -2.40. The van der Waals surface area contributed by atoms with Crippen molar-refractivity contribution in [3.05, 3.63) is 59.9 Å². The van der Waals surface area contributed by atoms with Gasteiger partial charge in [0.15, 0.2) is 0 Å². The third-order valence-corrected chi connectivity index (χ3v) is 8.37. The zero-order valence-corrected chi connectivity index (χ0v) is 17.2. The molecule has 8 heteroatoms. The summed E-state index contributed by atoms with van der Waals surface area (Å²) in [6.45, 7) is 0. The van der Waals surface area contributed by atoms with Gasteiger partial charge < -0.3 is 10.1 Å². The van der Waals surface area contributed by atoms with Crippen LogP contribution in [0, 0.1) is 5.92 Å². The Morgan fingerprint density at radius 1 is 1.07 bits per heavy atom. The predicted octanol–water partition coefficient (Wildman–Crippen LogP) is 3.96. The molecule has 0 spiro atoms. The highest BCUT2D eigenvalue weighted by atomic mass is 32.2. The molecule has 0 bridgehead atoms. The molecule has 0 amide bonds. The number of hydrogen-bond donors (Lipinski definition) is 2. The van der Waals surface area contributed by atoms with E-state index in [1.165, 1.54) is 6.07 Å². The average molecular weight is 426 g/mol. The number of aromatic nitrogens is 2. The molecular formula is C22H23N3O4S. The largest absolute Gasteiger partial charge is 0.478 e. The second kappa shape index (κ2) is 7.21. The van der Waals surface area contributed by atoms with Crippen LogP contribution in [0.1, 0.15) is 54.3 Å². The number of benzene rings is 2. The SMILES string of the molecule is O=C(O)c1cccc2[nH]c([C@@H]3C[C@@H]4CCCC[C@H]4N3S(=O)(=O)c3ccccc3)nc12. The monoisotopic (exact) mass is 425 g/mol. The van der Waals surface area contributed by atoms with Crippen LogP contribution in [0.5, 0.6) is 0 Å². The van der Waals surface area contributed by atoms with Gasteiger partial charge in [-0.15, -0.1) is 0 Å². The molecule has 1 aliphatic heterocycles. The van der Waals surface area contributed by atoms with Crippen molar-refractivity contribution in [2.45, 2.75) is 49.1 Å². The lowest BCUT2D eigenvalue weighted by Gasteiger charge is -2.32. The fraction of sp³-hybridized carbons (Fsp3) is 0.364. The zero-order valence-electron chi connectivity index (χ0n) is 16.4. The Morgan fingerprint density at radius 3 is 2.60 bits per heavy atom. The molecule has 5 rings (SSSR count). The topological polar surface area (TPSA) is 103 Å². The number of carboxylic acids is 1. The maximum absolute atomic E-state index is 13.7. The van der Waals surface area contributed by atoms with E-state index in [4.69, 9.17) is 0 Å². The number of hydrogen-bond acceptors (Lipinski definition) is 4. The molecule has 2 aliphatic rings. The first kappa shape index (κ1) is 19.3. The standard InChI is InChI=1S/C22H23N3O4S/c26-22(27)16-10-6-11-17-20(16)24-21(23-17)19-13-14-7-4-5-12-18(14)25(19)30(28,29)15-8-2-1-3-9-15/h1-3,6,8-11,14,18-19H,4-5,7,12-13H2,(H,23,24)(H,26,27)/t14-,18+,19-/m0/s1. The minimum atomic E-state index is -3.71. The van der Waals surface area contributed by atoms with Crippen molar-refractivity contribution in [2.75, 3.05) is 0 Å². The van der Waals surface area contributed by atoms with E-state index < -0.39 is 22.0 Å². The van der Waals surface area contributed by atoms with E-state index in [9.17, 15) is 18.3 Å². The molecule has 1 saturated heterocycles. The fourth-order valence-electron chi connectivity index (χ4n) is 5.09. The molecular weight excluding hydrogens is 402 g/mol. The van der Waals surface area contributed by atoms with Crippen LogP contribution in [-0.2, 0) is 10.0 Å². The Balaban J connectivity index is 1.63. The van der Waals surface area contributed by atoms with Crippen LogP contribution >= 0.6 is 0 Å². The minimum absolute atomic E-state index is 0.0545. The normalized spacial score (nSPS) is 24.7. The summed E-state index contributed by atoms with van der Waals surface area (Å²) in [4.78, 5) is 19.7. The Bertz CT molecular complexity index is 1210. The summed E-state index contributed by atoms with van der Waals surface area (Å²) < 4.78 is 29.0. The first-order valence-corrected chi connectivity index (χ1v) is 11.7. The van der Waals surface area contributed by atoms with Gasteiger partial charge in [-0.05, 0) is 49.4 Å². The van der Waals surface area contributed by atoms with Crippen LogP contribution in [0.2, 0.25) is 0 Å². The van der Waals surface area contributed by atoms with Crippen molar-refractivity contribution in [1.82, 2.24) is 14.3 Å². The van der Waals surface area contributed by atoms with Gasteiger partial charge in [0.1, 0.15) is 11.3 Å². The van der Waals surface area contributed by atoms with E-state index in [-0.39, 0.29) is 22.4 Å². The van der Waals surface area contributed by atoms with E-state index in [0.29, 0.717) is 23.3 Å². The van der Waals surface area contributed by atoms with Crippen molar-refractivity contribution < 1.29 is 18.3 Å². The number of sulfonamides is 1.